The zero-order valence-electron chi connectivity index (χ0n) is 8.96. The molecule has 3 heterocycles. The van der Waals surface area contributed by atoms with Crippen molar-refractivity contribution in [3.05, 3.63) is 5.21 Å². The third-order valence-corrected chi connectivity index (χ3v) is 4.90. The first-order chi connectivity index (χ1) is 6.85. The van der Waals surface area contributed by atoms with E-state index in [2.05, 4.69) is 6.92 Å². The Labute approximate surface area is 94.6 Å². The highest BCUT2D eigenvalue weighted by atomic mass is 35.5. The molecule has 3 nitrogen and oxygen atoms in total. The fourth-order valence-corrected chi connectivity index (χ4v) is 4.97. The zero-order chi connectivity index (χ0) is 10.9. The summed E-state index contributed by atoms with van der Waals surface area (Å²) in [7, 11) is 0. The summed E-state index contributed by atoms with van der Waals surface area (Å²) in [6, 6.07) is 0. The Balaban J connectivity index is 2.05. The minimum atomic E-state index is -0.489. The number of quaternary nitrogens is 1. The molecule has 0 spiro atoms. The molecule has 0 amide bonds. The van der Waals surface area contributed by atoms with Crippen molar-refractivity contribution in [2.24, 2.45) is 16.7 Å². The van der Waals surface area contributed by atoms with Crippen molar-refractivity contribution in [3.63, 3.8) is 0 Å². The number of carbonyl (C=O) groups excluding carboxylic acids is 1. The number of halogens is 1. The Bertz CT molecular complexity index is 325. The van der Waals surface area contributed by atoms with Gasteiger partial charge in [-0.2, -0.15) is 0 Å². The van der Waals surface area contributed by atoms with E-state index in [0.717, 1.165) is 19.3 Å². The Morgan fingerprint density at radius 2 is 2.20 bits per heavy atom. The topological polar surface area (TPSA) is 40.1 Å². The first kappa shape index (κ1) is 10.1. The third kappa shape index (κ3) is 1.30. The Morgan fingerprint density at radius 3 is 2.73 bits per heavy atom. The van der Waals surface area contributed by atoms with Crippen LogP contribution in [-0.2, 0) is 4.79 Å². The molecule has 0 aromatic rings. The van der Waals surface area contributed by atoms with Crippen molar-refractivity contribution in [2.45, 2.75) is 26.2 Å². The largest absolute Gasteiger partial charge is 0.633 e. The lowest BCUT2D eigenvalue weighted by molar-refractivity contribution is -0.917. The molecule has 4 fully saturated rings. The fourth-order valence-electron chi connectivity index (χ4n) is 4.77. The van der Waals surface area contributed by atoms with Gasteiger partial charge >= 0.3 is 0 Å². The van der Waals surface area contributed by atoms with Crippen molar-refractivity contribution < 1.29 is 9.44 Å². The summed E-state index contributed by atoms with van der Waals surface area (Å²) in [5.41, 5.74) is -0.427. The van der Waals surface area contributed by atoms with Crippen LogP contribution < -0.4 is 0 Å². The number of hydrogen-bond acceptors (Lipinski definition) is 2. The molecule has 4 bridgehead atoms. The van der Waals surface area contributed by atoms with Gasteiger partial charge in [0, 0.05) is 11.3 Å². The van der Waals surface area contributed by atoms with Crippen molar-refractivity contribution in [2.75, 3.05) is 19.6 Å². The number of rotatable bonds is 1. The highest BCUT2D eigenvalue weighted by Crippen LogP contribution is 2.59. The third-order valence-electron chi connectivity index (χ3n) is 4.49. The highest BCUT2D eigenvalue weighted by Gasteiger charge is 2.63. The van der Waals surface area contributed by atoms with E-state index in [1.807, 2.05) is 0 Å². The second kappa shape index (κ2) is 2.58. The molecule has 15 heavy (non-hydrogen) atoms. The second-order valence-corrected chi connectivity index (χ2v) is 6.72. The lowest BCUT2D eigenvalue weighted by Gasteiger charge is -2.67. The summed E-state index contributed by atoms with van der Waals surface area (Å²) in [4.78, 5) is 11.6. The molecule has 1 saturated carbocycles. The number of hydroxylamine groups is 3. The van der Waals surface area contributed by atoms with E-state index >= 15 is 0 Å². The van der Waals surface area contributed by atoms with E-state index in [4.69, 9.17) is 11.6 Å². The Morgan fingerprint density at radius 1 is 1.47 bits per heavy atom. The van der Waals surface area contributed by atoms with Crippen LogP contribution >= 0.6 is 11.6 Å². The van der Waals surface area contributed by atoms with Gasteiger partial charge in [0.1, 0.15) is 0 Å². The summed E-state index contributed by atoms with van der Waals surface area (Å²) in [5.74, 6) is 0.423. The molecule has 0 radical (unpaired) electrons. The van der Waals surface area contributed by atoms with Crippen LogP contribution in [0.25, 0.3) is 0 Å². The lowest BCUT2D eigenvalue weighted by Crippen LogP contribution is -2.71. The number of hydrogen-bond donors (Lipinski definition) is 0. The number of carbonyl (C=O) groups is 1. The molecule has 0 aromatic heterocycles. The van der Waals surface area contributed by atoms with Crippen molar-refractivity contribution in [3.8, 4) is 0 Å². The van der Waals surface area contributed by atoms with Crippen LogP contribution in [0.4, 0.5) is 0 Å². The van der Waals surface area contributed by atoms with E-state index in [0.29, 0.717) is 25.6 Å². The molecule has 1 aliphatic carbocycles. The average Bonchev–Trinajstić information content (AvgIpc) is 1.95. The molecular weight excluding hydrogens is 214 g/mol. The molecule has 4 unspecified atom stereocenters. The smallest absolute Gasteiger partial charge is 0.233 e. The van der Waals surface area contributed by atoms with Gasteiger partial charge in [0.15, 0.2) is 0 Å². The minimum Gasteiger partial charge on any atom is -0.633 e. The van der Waals surface area contributed by atoms with E-state index in [1.54, 1.807) is 0 Å². The van der Waals surface area contributed by atoms with Crippen LogP contribution in [0.2, 0.25) is 0 Å². The minimum absolute atomic E-state index is 0.0612. The van der Waals surface area contributed by atoms with Crippen LogP contribution in [0.5, 0.6) is 0 Å². The summed E-state index contributed by atoms with van der Waals surface area (Å²) in [6.45, 7) is 3.98. The summed E-state index contributed by atoms with van der Waals surface area (Å²) >= 11 is 5.73. The predicted molar refractivity (Wildman–Crippen MR) is 57.0 cm³/mol. The molecular formula is C11H16ClNO2. The molecule has 0 N–H and O–H groups in total. The fraction of sp³-hybridized carbons (Fsp3) is 0.909. The van der Waals surface area contributed by atoms with Crippen molar-refractivity contribution in [1.82, 2.24) is 0 Å². The predicted octanol–water partition coefficient (Wildman–Crippen LogP) is 1.89. The van der Waals surface area contributed by atoms with Gasteiger partial charge in [-0.3, -0.25) is 4.79 Å². The van der Waals surface area contributed by atoms with Crippen molar-refractivity contribution >= 4 is 16.8 Å². The summed E-state index contributed by atoms with van der Waals surface area (Å²) in [5, 5.41) is 12.2. The Hall–Kier alpha value is -0.120. The normalized spacial score (nSPS) is 57.1. The van der Waals surface area contributed by atoms with Crippen LogP contribution in [0.15, 0.2) is 0 Å². The summed E-state index contributed by atoms with van der Waals surface area (Å²) in [6.07, 6.45) is 2.80. The maximum absolute atomic E-state index is 12.4. The summed E-state index contributed by atoms with van der Waals surface area (Å²) < 4.78 is -0.167. The standard InChI is InChI=1S/C11H16ClNO2/c1-10-2-8-3-11(5-10,9(12)14)7-13(15,4-8)6-10/h8H,2-7H2,1H3. The van der Waals surface area contributed by atoms with E-state index in [-0.39, 0.29) is 15.3 Å². The van der Waals surface area contributed by atoms with Crippen LogP contribution in [0.3, 0.4) is 0 Å². The maximum Gasteiger partial charge on any atom is 0.233 e. The molecule has 4 atom stereocenters. The zero-order valence-corrected chi connectivity index (χ0v) is 9.72. The van der Waals surface area contributed by atoms with Gasteiger partial charge in [-0.1, -0.05) is 6.92 Å². The maximum atomic E-state index is 12.4. The SMILES string of the molecule is CC12CC3CC(C(=O)Cl)(C1)C[N+]([O-])(C3)C2. The molecule has 4 aliphatic rings. The van der Waals surface area contributed by atoms with Gasteiger partial charge in [-0.25, -0.2) is 0 Å². The molecule has 4 rings (SSSR count). The highest BCUT2D eigenvalue weighted by molar-refractivity contribution is 6.64. The van der Waals surface area contributed by atoms with Gasteiger partial charge < -0.3 is 9.85 Å². The van der Waals surface area contributed by atoms with Gasteiger partial charge in [-0.15, -0.1) is 0 Å². The van der Waals surface area contributed by atoms with Gasteiger partial charge in [0.25, 0.3) is 0 Å². The number of nitrogens with zero attached hydrogens (tertiary/aromatic N) is 1. The quantitative estimate of drug-likeness (QED) is 0.391. The molecule has 84 valence electrons. The van der Waals surface area contributed by atoms with E-state index in [1.165, 1.54) is 0 Å². The van der Waals surface area contributed by atoms with Gasteiger partial charge in [0.05, 0.1) is 25.0 Å². The monoisotopic (exact) mass is 229 g/mol. The van der Waals surface area contributed by atoms with Crippen LogP contribution in [0, 0.1) is 22.0 Å². The Kier molecular flexibility index (Phi) is 1.73. The first-order valence-electron chi connectivity index (χ1n) is 5.62. The van der Waals surface area contributed by atoms with E-state index in [9.17, 15) is 10.0 Å². The molecule has 0 aromatic carbocycles. The average molecular weight is 230 g/mol. The molecule has 3 aliphatic heterocycles. The second-order valence-electron chi connectivity index (χ2n) is 6.37. The van der Waals surface area contributed by atoms with E-state index < -0.39 is 5.41 Å². The van der Waals surface area contributed by atoms with Gasteiger partial charge in [-0.05, 0) is 30.9 Å². The molecule has 4 heteroatoms. The van der Waals surface area contributed by atoms with Crippen molar-refractivity contribution in [1.29, 1.82) is 0 Å². The van der Waals surface area contributed by atoms with Crippen LogP contribution in [-0.4, -0.2) is 29.5 Å². The number of piperidine rings is 3. The van der Waals surface area contributed by atoms with Crippen LogP contribution in [0.1, 0.15) is 26.2 Å². The lowest BCUT2D eigenvalue weighted by atomic mass is 9.54. The first-order valence-corrected chi connectivity index (χ1v) is 6.00. The molecule has 3 saturated heterocycles. The van der Waals surface area contributed by atoms with Gasteiger partial charge in [0.2, 0.25) is 5.24 Å².